The second kappa shape index (κ2) is 6.51. The van der Waals surface area contributed by atoms with Crippen LogP contribution >= 0.6 is 23.2 Å². The van der Waals surface area contributed by atoms with Gasteiger partial charge < -0.3 is 19.8 Å². The summed E-state index contributed by atoms with van der Waals surface area (Å²) in [5, 5.41) is 19.2. The molecular weight excluding hydrogens is 321 g/mol. The molecule has 2 rings (SSSR count). The molecule has 2 atom stereocenters. The van der Waals surface area contributed by atoms with Crippen LogP contribution in [0.4, 0.5) is 0 Å². The van der Waals surface area contributed by atoms with Gasteiger partial charge in [0.2, 0.25) is 0 Å². The highest BCUT2D eigenvalue weighted by Gasteiger charge is 2.38. The van der Waals surface area contributed by atoms with Crippen molar-refractivity contribution in [1.82, 2.24) is 4.90 Å². The lowest BCUT2D eigenvalue weighted by atomic mass is 10.2. The number of halogens is 2. The van der Waals surface area contributed by atoms with Gasteiger partial charge in [0.25, 0.3) is 5.91 Å². The molecule has 21 heavy (non-hydrogen) atoms. The van der Waals surface area contributed by atoms with Gasteiger partial charge >= 0.3 is 5.97 Å². The van der Waals surface area contributed by atoms with Crippen molar-refractivity contribution in [3.8, 4) is 5.75 Å². The Morgan fingerprint density at radius 3 is 2.67 bits per heavy atom. The van der Waals surface area contributed by atoms with E-state index in [1.807, 2.05) is 0 Å². The minimum absolute atomic E-state index is 0.0134. The second-order valence-electron chi connectivity index (χ2n) is 4.65. The maximum atomic E-state index is 12.0. The van der Waals surface area contributed by atoms with Crippen LogP contribution in [0, 0.1) is 0 Å². The lowest BCUT2D eigenvalue weighted by Gasteiger charge is -2.21. The third-order valence-electron chi connectivity index (χ3n) is 3.14. The number of carbonyl (C=O) groups excluding carboxylic acids is 1. The van der Waals surface area contributed by atoms with Crippen LogP contribution in [-0.4, -0.2) is 52.3 Å². The van der Waals surface area contributed by atoms with Crippen molar-refractivity contribution in [3.63, 3.8) is 0 Å². The number of hydrogen-bond donors (Lipinski definition) is 2. The minimum atomic E-state index is -1.14. The van der Waals surface area contributed by atoms with Crippen LogP contribution in [0.15, 0.2) is 18.2 Å². The molecule has 1 saturated heterocycles. The van der Waals surface area contributed by atoms with E-state index in [1.54, 1.807) is 6.07 Å². The van der Waals surface area contributed by atoms with Gasteiger partial charge in [-0.2, -0.15) is 0 Å². The molecular formula is C13H13Cl2NO5. The molecule has 0 aliphatic carbocycles. The molecule has 0 unspecified atom stereocenters. The van der Waals surface area contributed by atoms with Crippen LogP contribution in [0.3, 0.4) is 0 Å². The summed E-state index contributed by atoms with van der Waals surface area (Å²) in [5.41, 5.74) is 0. The maximum absolute atomic E-state index is 12.0. The molecule has 1 heterocycles. The normalized spacial score (nSPS) is 21.4. The molecule has 0 radical (unpaired) electrons. The number of likely N-dealkylation sites (tertiary alicyclic amines) is 1. The van der Waals surface area contributed by atoms with E-state index in [4.69, 9.17) is 33.0 Å². The smallest absolute Gasteiger partial charge is 0.326 e. The number of aliphatic hydroxyl groups excluding tert-OH is 1. The molecule has 1 aromatic carbocycles. The number of benzene rings is 1. The fraction of sp³-hybridized carbons (Fsp3) is 0.385. The molecule has 8 heteroatoms. The summed E-state index contributed by atoms with van der Waals surface area (Å²) in [6.45, 7) is -0.352. The summed E-state index contributed by atoms with van der Waals surface area (Å²) in [4.78, 5) is 24.1. The molecule has 0 saturated carbocycles. The molecule has 0 aromatic heterocycles. The zero-order valence-corrected chi connectivity index (χ0v) is 12.3. The molecule has 1 fully saturated rings. The maximum Gasteiger partial charge on any atom is 0.326 e. The predicted molar refractivity (Wildman–Crippen MR) is 75.7 cm³/mol. The lowest BCUT2D eigenvalue weighted by Crippen LogP contribution is -2.42. The molecule has 2 N–H and O–H groups in total. The van der Waals surface area contributed by atoms with Crippen molar-refractivity contribution in [1.29, 1.82) is 0 Å². The van der Waals surface area contributed by atoms with Crippen molar-refractivity contribution < 1.29 is 24.5 Å². The summed E-state index contributed by atoms with van der Waals surface area (Å²) >= 11 is 11.6. The SMILES string of the molecule is O=C(O)[C@@H]1C[C@H](O)CN1C(=O)COc1ccc(Cl)c(Cl)c1. The summed E-state index contributed by atoms with van der Waals surface area (Å²) < 4.78 is 5.27. The van der Waals surface area contributed by atoms with Gasteiger partial charge in [-0.3, -0.25) is 4.79 Å². The van der Waals surface area contributed by atoms with E-state index in [-0.39, 0.29) is 19.6 Å². The molecule has 1 amide bonds. The molecule has 1 aliphatic heterocycles. The fourth-order valence-electron chi connectivity index (χ4n) is 2.12. The summed E-state index contributed by atoms with van der Waals surface area (Å²) in [6.07, 6.45) is -0.812. The molecule has 1 aliphatic rings. The zero-order valence-electron chi connectivity index (χ0n) is 10.8. The number of carbonyl (C=O) groups is 2. The van der Waals surface area contributed by atoms with Gasteiger partial charge in [0.1, 0.15) is 11.8 Å². The highest BCUT2D eigenvalue weighted by Crippen LogP contribution is 2.26. The number of amides is 1. The Morgan fingerprint density at radius 2 is 2.05 bits per heavy atom. The highest BCUT2D eigenvalue weighted by atomic mass is 35.5. The van der Waals surface area contributed by atoms with Gasteiger partial charge in [0.05, 0.1) is 16.1 Å². The van der Waals surface area contributed by atoms with E-state index in [9.17, 15) is 14.7 Å². The van der Waals surface area contributed by atoms with Crippen molar-refractivity contribution in [3.05, 3.63) is 28.2 Å². The van der Waals surface area contributed by atoms with Crippen LogP contribution in [-0.2, 0) is 9.59 Å². The number of ether oxygens (including phenoxy) is 1. The topological polar surface area (TPSA) is 87.1 Å². The number of aliphatic carboxylic acids is 1. The van der Waals surface area contributed by atoms with E-state index in [0.717, 1.165) is 4.90 Å². The van der Waals surface area contributed by atoms with E-state index in [0.29, 0.717) is 15.8 Å². The Balaban J connectivity index is 1.97. The van der Waals surface area contributed by atoms with Crippen molar-refractivity contribution in [2.45, 2.75) is 18.6 Å². The highest BCUT2D eigenvalue weighted by molar-refractivity contribution is 6.42. The first-order chi connectivity index (χ1) is 9.88. The number of rotatable bonds is 4. The number of β-amino-alcohol motifs (C(OH)–C–C–N with tert-alkyl or cyclic N) is 1. The Labute approximate surface area is 130 Å². The van der Waals surface area contributed by atoms with Crippen LogP contribution in [0.1, 0.15) is 6.42 Å². The van der Waals surface area contributed by atoms with Crippen molar-refractivity contribution in [2.24, 2.45) is 0 Å². The Morgan fingerprint density at radius 1 is 1.33 bits per heavy atom. The van der Waals surface area contributed by atoms with Gasteiger partial charge in [-0.25, -0.2) is 4.79 Å². The number of hydrogen-bond acceptors (Lipinski definition) is 4. The summed E-state index contributed by atoms with van der Waals surface area (Å²) in [6, 6.07) is 3.52. The third-order valence-corrected chi connectivity index (χ3v) is 3.88. The predicted octanol–water partition coefficient (Wildman–Crippen LogP) is 1.42. The molecule has 0 bridgehead atoms. The van der Waals surface area contributed by atoms with Crippen molar-refractivity contribution in [2.75, 3.05) is 13.2 Å². The number of carboxylic acids is 1. The van der Waals surface area contributed by atoms with E-state index < -0.39 is 24.0 Å². The first-order valence-corrected chi connectivity index (χ1v) is 6.92. The molecule has 0 spiro atoms. The van der Waals surface area contributed by atoms with E-state index in [1.165, 1.54) is 12.1 Å². The molecule has 6 nitrogen and oxygen atoms in total. The number of carboxylic acid groups (broad SMARTS) is 1. The second-order valence-corrected chi connectivity index (χ2v) is 5.47. The van der Waals surface area contributed by atoms with E-state index in [2.05, 4.69) is 0 Å². The van der Waals surface area contributed by atoms with Gasteiger partial charge in [0.15, 0.2) is 6.61 Å². The zero-order chi connectivity index (χ0) is 15.6. The standard InChI is InChI=1S/C13H13Cl2NO5/c14-9-2-1-8(4-10(9)15)21-6-12(18)16-5-7(17)3-11(16)13(19)20/h1-2,4,7,11,17H,3,5-6H2,(H,19,20)/t7-,11-/m0/s1. The molecule has 1 aromatic rings. The van der Waals surface area contributed by atoms with Gasteiger partial charge in [0, 0.05) is 19.0 Å². The number of nitrogens with zero attached hydrogens (tertiary/aromatic N) is 1. The van der Waals surface area contributed by atoms with E-state index >= 15 is 0 Å². The minimum Gasteiger partial charge on any atom is -0.484 e. The first kappa shape index (κ1) is 15.9. The van der Waals surface area contributed by atoms with Gasteiger partial charge in [-0.05, 0) is 12.1 Å². The largest absolute Gasteiger partial charge is 0.484 e. The Bertz CT molecular complexity index is 565. The van der Waals surface area contributed by atoms with Crippen LogP contribution in [0.5, 0.6) is 5.75 Å². The summed E-state index contributed by atoms with van der Waals surface area (Å²) in [5.74, 6) is -1.30. The van der Waals surface area contributed by atoms with Crippen LogP contribution < -0.4 is 4.74 Å². The molecule has 114 valence electrons. The Hall–Kier alpha value is -1.50. The average Bonchev–Trinajstić information content (AvgIpc) is 2.82. The fourth-order valence-corrected chi connectivity index (χ4v) is 2.41. The van der Waals surface area contributed by atoms with Gasteiger partial charge in [-0.15, -0.1) is 0 Å². The van der Waals surface area contributed by atoms with Crippen molar-refractivity contribution >= 4 is 35.1 Å². The quantitative estimate of drug-likeness (QED) is 0.870. The first-order valence-electron chi connectivity index (χ1n) is 6.16. The monoisotopic (exact) mass is 333 g/mol. The Kier molecular flexibility index (Phi) is 4.92. The average molecular weight is 334 g/mol. The lowest BCUT2D eigenvalue weighted by molar-refractivity contribution is -0.148. The summed E-state index contributed by atoms with van der Waals surface area (Å²) in [7, 11) is 0. The van der Waals surface area contributed by atoms with Crippen LogP contribution in [0.2, 0.25) is 10.0 Å². The third kappa shape index (κ3) is 3.78. The van der Waals surface area contributed by atoms with Gasteiger partial charge in [-0.1, -0.05) is 23.2 Å². The number of aliphatic hydroxyl groups is 1. The van der Waals surface area contributed by atoms with Crippen LogP contribution in [0.25, 0.3) is 0 Å².